The quantitative estimate of drug-likeness (QED) is 0.210. The van der Waals surface area contributed by atoms with Gasteiger partial charge in [-0.15, -0.1) is 11.8 Å². The molecule has 0 bridgehead atoms. The fourth-order valence-corrected chi connectivity index (χ4v) is 3.94. The number of rotatable bonds is 7. The number of benzene rings is 4. The molecule has 33 heavy (non-hydrogen) atoms. The second kappa shape index (κ2) is 9.97. The number of nitrogens with one attached hydrogen (secondary N) is 2. The number of carbonyl (C=O) groups is 2. The monoisotopic (exact) mass is 457 g/mol. The van der Waals surface area contributed by atoms with Gasteiger partial charge in [-0.05, 0) is 47.9 Å². The van der Waals surface area contributed by atoms with Crippen LogP contribution in [0.5, 0.6) is 0 Å². The van der Waals surface area contributed by atoms with Gasteiger partial charge in [-0.2, -0.15) is 0 Å². The molecule has 2 amide bonds. The molecule has 2 N–H and O–H groups in total. The van der Waals surface area contributed by atoms with Crippen LogP contribution in [-0.2, 0) is 4.79 Å². The molecule has 0 radical (unpaired) electrons. The first kappa shape index (κ1) is 22.0. The molecule has 0 aliphatic carbocycles. The Morgan fingerprint density at radius 1 is 0.818 bits per heavy atom. The van der Waals surface area contributed by atoms with E-state index in [2.05, 4.69) is 10.6 Å². The van der Waals surface area contributed by atoms with Crippen LogP contribution in [0, 0.1) is 10.1 Å². The van der Waals surface area contributed by atoms with Crippen molar-refractivity contribution in [3.8, 4) is 0 Å². The Labute approximate surface area is 194 Å². The molecular formula is C25H19N3O4S. The molecule has 4 aromatic carbocycles. The van der Waals surface area contributed by atoms with Gasteiger partial charge in [0.2, 0.25) is 5.91 Å². The van der Waals surface area contributed by atoms with E-state index in [4.69, 9.17) is 0 Å². The van der Waals surface area contributed by atoms with E-state index < -0.39 is 4.92 Å². The van der Waals surface area contributed by atoms with E-state index in [1.807, 2.05) is 54.6 Å². The van der Waals surface area contributed by atoms with Crippen molar-refractivity contribution in [3.05, 3.63) is 107 Å². The van der Waals surface area contributed by atoms with E-state index in [-0.39, 0.29) is 23.3 Å². The maximum atomic E-state index is 12.4. The lowest BCUT2D eigenvalue weighted by molar-refractivity contribution is -0.384. The SMILES string of the molecule is O=C(CSc1ccc(NC(=O)c2ccc([N+](=O)[O-])cc2)cc1)Nc1cccc2ccccc12. The molecule has 0 saturated heterocycles. The molecular weight excluding hydrogens is 438 g/mol. The van der Waals surface area contributed by atoms with Crippen LogP contribution in [0.1, 0.15) is 10.4 Å². The third-order valence-corrected chi connectivity index (χ3v) is 5.90. The summed E-state index contributed by atoms with van der Waals surface area (Å²) in [5.74, 6) is -0.218. The lowest BCUT2D eigenvalue weighted by atomic mass is 10.1. The predicted molar refractivity (Wildman–Crippen MR) is 131 cm³/mol. The van der Waals surface area contributed by atoms with Gasteiger partial charge in [0, 0.05) is 39.4 Å². The Hall–Kier alpha value is -4.17. The van der Waals surface area contributed by atoms with Crippen LogP contribution in [0.25, 0.3) is 10.8 Å². The van der Waals surface area contributed by atoms with Gasteiger partial charge >= 0.3 is 0 Å². The highest BCUT2D eigenvalue weighted by atomic mass is 32.2. The average molecular weight is 458 g/mol. The van der Waals surface area contributed by atoms with Crippen molar-refractivity contribution in [1.82, 2.24) is 0 Å². The van der Waals surface area contributed by atoms with Crippen LogP contribution in [0.3, 0.4) is 0 Å². The predicted octanol–water partition coefficient (Wildman–Crippen LogP) is 5.73. The third-order valence-electron chi connectivity index (χ3n) is 4.89. The van der Waals surface area contributed by atoms with Crippen molar-refractivity contribution >= 4 is 51.4 Å². The van der Waals surface area contributed by atoms with Crippen LogP contribution in [0.15, 0.2) is 95.9 Å². The van der Waals surface area contributed by atoms with Gasteiger partial charge in [0.05, 0.1) is 10.7 Å². The second-order valence-corrected chi connectivity index (χ2v) is 8.19. The number of carbonyl (C=O) groups excluding carboxylic acids is 2. The summed E-state index contributed by atoms with van der Waals surface area (Å²) in [5.41, 5.74) is 1.62. The number of amides is 2. The van der Waals surface area contributed by atoms with Gasteiger partial charge in [0.15, 0.2) is 0 Å². The lowest BCUT2D eigenvalue weighted by Gasteiger charge is -2.09. The highest BCUT2D eigenvalue weighted by Gasteiger charge is 2.10. The van der Waals surface area contributed by atoms with E-state index in [0.717, 1.165) is 21.4 Å². The van der Waals surface area contributed by atoms with Crippen molar-refractivity contribution in [2.75, 3.05) is 16.4 Å². The Morgan fingerprint density at radius 3 is 2.24 bits per heavy atom. The molecule has 164 valence electrons. The minimum Gasteiger partial charge on any atom is -0.325 e. The molecule has 4 aromatic rings. The van der Waals surface area contributed by atoms with Gasteiger partial charge in [-0.1, -0.05) is 36.4 Å². The molecule has 0 aliphatic heterocycles. The number of hydrogen-bond acceptors (Lipinski definition) is 5. The fraction of sp³-hybridized carbons (Fsp3) is 0.0400. The van der Waals surface area contributed by atoms with Crippen molar-refractivity contribution in [2.45, 2.75) is 4.90 Å². The summed E-state index contributed by atoms with van der Waals surface area (Å²) in [6.07, 6.45) is 0. The minimum absolute atomic E-state index is 0.0718. The number of nitro benzene ring substituents is 1. The Bertz CT molecular complexity index is 1320. The molecule has 0 atom stereocenters. The summed E-state index contributed by atoms with van der Waals surface area (Å²) in [6.45, 7) is 0. The Balaban J connectivity index is 1.31. The summed E-state index contributed by atoms with van der Waals surface area (Å²) in [4.78, 5) is 35.9. The number of nitrogens with zero attached hydrogens (tertiary/aromatic N) is 1. The van der Waals surface area contributed by atoms with E-state index in [9.17, 15) is 19.7 Å². The van der Waals surface area contributed by atoms with Gasteiger partial charge in [-0.25, -0.2) is 0 Å². The van der Waals surface area contributed by atoms with Gasteiger partial charge in [0.1, 0.15) is 0 Å². The molecule has 8 heteroatoms. The molecule has 0 aromatic heterocycles. The first-order valence-corrected chi connectivity index (χ1v) is 11.0. The van der Waals surface area contributed by atoms with Crippen molar-refractivity contribution in [1.29, 1.82) is 0 Å². The number of anilines is 2. The maximum absolute atomic E-state index is 12.4. The number of fused-ring (bicyclic) bond motifs is 1. The summed E-state index contributed by atoms with van der Waals surface area (Å²) in [7, 11) is 0. The number of non-ortho nitro benzene ring substituents is 1. The van der Waals surface area contributed by atoms with Crippen LogP contribution in [0.2, 0.25) is 0 Å². The number of thioether (sulfide) groups is 1. The summed E-state index contributed by atoms with van der Waals surface area (Å²) >= 11 is 1.39. The van der Waals surface area contributed by atoms with E-state index in [0.29, 0.717) is 11.3 Å². The summed E-state index contributed by atoms with van der Waals surface area (Å²) in [5, 5.41) is 18.5. The first-order valence-electron chi connectivity index (χ1n) is 10.1. The maximum Gasteiger partial charge on any atom is 0.269 e. The lowest BCUT2D eigenvalue weighted by Crippen LogP contribution is -2.14. The van der Waals surface area contributed by atoms with Gasteiger partial charge in [-0.3, -0.25) is 19.7 Å². The van der Waals surface area contributed by atoms with Crippen molar-refractivity contribution in [3.63, 3.8) is 0 Å². The molecule has 0 spiro atoms. The van der Waals surface area contributed by atoms with Gasteiger partial charge in [0.25, 0.3) is 11.6 Å². The molecule has 4 rings (SSSR count). The smallest absolute Gasteiger partial charge is 0.269 e. The largest absolute Gasteiger partial charge is 0.325 e. The highest BCUT2D eigenvalue weighted by molar-refractivity contribution is 8.00. The first-order chi connectivity index (χ1) is 16.0. The zero-order chi connectivity index (χ0) is 23.2. The second-order valence-electron chi connectivity index (χ2n) is 7.15. The molecule has 7 nitrogen and oxygen atoms in total. The normalized spacial score (nSPS) is 10.5. The topological polar surface area (TPSA) is 101 Å². The van der Waals surface area contributed by atoms with E-state index >= 15 is 0 Å². The van der Waals surface area contributed by atoms with Crippen LogP contribution >= 0.6 is 11.8 Å². The Kier molecular flexibility index (Phi) is 6.66. The molecule has 0 unspecified atom stereocenters. The van der Waals surface area contributed by atoms with Crippen LogP contribution in [-0.4, -0.2) is 22.5 Å². The van der Waals surface area contributed by atoms with E-state index in [1.165, 1.54) is 36.0 Å². The van der Waals surface area contributed by atoms with Crippen molar-refractivity contribution < 1.29 is 14.5 Å². The average Bonchev–Trinajstić information content (AvgIpc) is 2.84. The number of hydrogen-bond donors (Lipinski definition) is 2. The fourth-order valence-electron chi connectivity index (χ4n) is 3.24. The van der Waals surface area contributed by atoms with Crippen LogP contribution in [0.4, 0.5) is 17.1 Å². The molecule has 0 saturated carbocycles. The highest BCUT2D eigenvalue weighted by Crippen LogP contribution is 2.25. The van der Waals surface area contributed by atoms with E-state index in [1.54, 1.807) is 12.1 Å². The zero-order valence-electron chi connectivity index (χ0n) is 17.4. The Morgan fingerprint density at radius 2 is 1.52 bits per heavy atom. The standard InChI is InChI=1S/C25H19N3O4S/c29-24(27-23-7-3-5-17-4-1-2-6-22(17)23)16-33-21-14-10-19(11-15-21)26-25(30)18-8-12-20(13-9-18)28(31)32/h1-15H,16H2,(H,26,30)(H,27,29). The third kappa shape index (κ3) is 5.55. The number of nitro groups is 1. The molecule has 0 aliphatic rings. The molecule has 0 heterocycles. The van der Waals surface area contributed by atoms with Crippen molar-refractivity contribution in [2.24, 2.45) is 0 Å². The zero-order valence-corrected chi connectivity index (χ0v) is 18.2. The van der Waals surface area contributed by atoms with Crippen LogP contribution < -0.4 is 10.6 Å². The van der Waals surface area contributed by atoms with Gasteiger partial charge < -0.3 is 10.6 Å². The molecule has 0 fully saturated rings. The summed E-state index contributed by atoms with van der Waals surface area (Å²) < 4.78 is 0. The minimum atomic E-state index is -0.513. The summed E-state index contributed by atoms with van der Waals surface area (Å²) in [6, 6.07) is 26.2.